The van der Waals surface area contributed by atoms with Gasteiger partial charge in [0, 0.05) is 18.5 Å². The highest BCUT2D eigenvalue weighted by atomic mass is 16.5. The number of anilines is 1. The van der Waals surface area contributed by atoms with Gasteiger partial charge >= 0.3 is 0 Å². The molecule has 1 saturated heterocycles. The summed E-state index contributed by atoms with van der Waals surface area (Å²) in [6.07, 6.45) is 3.91. The van der Waals surface area contributed by atoms with Gasteiger partial charge in [-0.2, -0.15) is 0 Å². The van der Waals surface area contributed by atoms with Crippen molar-refractivity contribution in [2.75, 3.05) is 24.6 Å². The van der Waals surface area contributed by atoms with E-state index in [9.17, 15) is 4.79 Å². The molecule has 0 radical (unpaired) electrons. The van der Waals surface area contributed by atoms with Crippen LogP contribution < -0.4 is 15.0 Å². The van der Waals surface area contributed by atoms with Gasteiger partial charge in [0.25, 0.3) is 0 Å². The summed E-state index contributed by atoms with van der Waals surface area (Å²) >= 11 is 0. The van der Waals surface area contributed by atoms with Crippen LogP contribution in [0.1, 0.15) is 45.2 Å². The van der Waals surface area contributed by atoms with Crippen LogP contribution in [0.25, 0.3) is 10.9 Å². The summed E-state index contributed by atoms with van der Waals surface area (Å²) in [5.41, 5.74) is 1.79. The zero-order valence-corrected chi connectivity index (χ0v) is 15.9. The molecule has 0 aliphatic carbocycles. The molecule has 2 heterocycles. The maximum atomic E-state index is 12.5. The van der Waals surface area contributed by atoms with Crippen molar-refractivity contribution < 1.29 is 9.53 Å². The second-order valence-electron chi connectivity index (χ2n) is 6.72. The first-order chi connectivity index (χ1) is 12.6. The SMILES string of the molecule is CCCCNC(=O)C1CCCN1c1nc(C)c2cc(OCC)ccc2n1. The summed E-state index contributed by atoms with van der Waals surface area (Å²) in [7, 11) is 0. The highest BCUT2D eigenvalue weighted by Gasteiger charge is 2.32. The Morgan fingerprint density at radius 2 is 2.19 bits per heavy atom. The van der Waals surface area contributed by atoms with E-state index in [1.54, 1.807) is 0 Å². The van der Waals surface area contributed by atoms with Crippen LogP contribution >= 0.6 is 0 Å². The summed E-state index contributed by atoms with van der Waals surface area (Å²) in [6, 6.07) is 5.70. The van der Waals surface area contributed by atoms with Gasteiger partial charge in [-0.1, -0.05) is 13.3 Å². The van der Waals surface area contributed by atoms with Gasteiger partial charge in [0.1, 0.15) is 11.8 Å². The van der Waals surface area contributed by atoms with Crippen molar-refractivity contribution in [3.05, 3.63) is 23.9 Å². The molecular weight excluding hydrogens is 328 g/mol. The van der Waals surface area contributed by atoms with Crippen LogP contribution in [0.2, 0.25) is 0 Å². The maximum absolute atomic E-state index is 12.5. The smallest absolute Gasteiger partial charge is 0.242 e. The Bertz CT molecular complexity index is 778. The first-order valence-electron chi connectivity index (χ1n) is 9.59. The van der Waals surface area contributed by atoms with E-state index in [1.807, 2.05) is 36.9 Å². The summed E-state index contributed by atoms with van der Waals surface area (Å²) < 4.78 is 5.58. The number of aryl methyl sites for hydroxylation is 1. The Kier molecular flexibility index (Phi) is 5.91. The molecule has 6 heteroatoms. The Morgan fingerprint density at radius 3 is 2.96 bits per heavy atom. The molecule has 0 spiro atoms. The van der Waals surface area contributed by atoms with Crippen LogP contribution in [0.4, 0.5) is 5.95 Å². The van der Waals surface area contributed by atoms with E-state index in [1.165, 1.54) is 0 Å². The van der Waals surface area contributed by atoms with Crippen LogP contribution in [0.15, 0.2) is 18.2 Å². The van der Waals surface area contributed by atoms with Gasteiger partial charge in [0.15, 0.2) is 0 Å². The average Bonchev–Trinajstić information content (AvgIpc) is 3.12. The third-order valence-corrected chi connectivity index (χ3v) is 4.80. The molecule has 1 unspecified atom stereocenters. The van der Waals surface area contributed by atoms with Gasteiger partial charge in [-0.3, -0.25) is 4.79 Å². The first-order valence-corrected chi connectivity index (χ1v) is 9.59. The molecule has 6 nitrogen and oxygen atoms in total. The van der Waals surface area contributed by atoms with E-state index in [2.05, 4.69) is 12.2 Å². The summed E-state index contributed by atoms with van der Waals surface area (Å²) in [6.45, 7) is 8.25. The standard InChI is InChI=1S/C20H28N4O2/c1-4-6-11-21-19(25)18-8-7-12-24(18)20-22-14(3)16-13-15(26-5-2)9-10-17(16)23-20/h9-10,13,18H,4-8,11-12H2,1-3H3,(H,21,25). The quantitative estimate of drug-likeness (QED) is 0.772. The Balaban J connectivity index is 1.84. The molecular formula is C20H28N4O2. The summed E-state index contributed by atoms with van der Waals surface area (Å²) in [4.78, 5) is 24.0. The van der Waals surface area contributed by atoms with E-state index >= 15 is 0 Å². The first kappa shape index (κ1) is 18.4. The number of amides is 1. The van der Waals surface area contributed by atoms with Crippen molar-refractivity contribution >= 4 is 22.8 Å². The number of ether oxygens (including phenoxy) is 1. The highest BCUT2D eigenvalue weighted by molar-refractivity contribution is 5.87. The lowest BCUT2D eigenvalue weighted by Crippen LogP contribution is -2.44. The molecule has 1 fully saturated rings. The third kappa shape index (κ3) is 3.89. The zero-order chi connectivity index (χ0) is 18.5. The van der Waals surface area contributed by atoms with Crippen LogP contribution in [0, 0.1) is 6.92 Å². The monoisotopic (exact) mass is 356 g/mol. The molecule has 1 amide bonds. The average molecular weight is 356 g/mol. The van der Waals surface area contributed by atoms with Gasteiger partial charge in [0.2, 0.25) is 11.9 Å². The van der Waals surface area contributed by atoms with E-state index < -0.39 is 0 Å². The number of aromatic nitrogens is 2. The predicted molar refractivity (Wildman–Crippen MR) is 104 cm³/mol. The van der Waals surface area contributed by atoms with E-state index in [0.717, 1.165) is 61.1 Å². The number of nitrogens with zero attached hydrogens (tertiary/aromatic N) is 3. The zero-order valence-electron chi connectivity index (χ0n) is 15.9. The molecule has 2 aromatic rings. The molecule has 3 rings (SSSR count). The minimum atomic E-state index is -0.175. The van der Waals surface area contributed by atoms with Crippen molar-refractivity contribution in [3.63, 3.8) is 0 Å². The van der Waals surface area contributed by atoms with Crippen molar-refractivity contribution in [1.82, 2.24) is 15.3 Å². The lowest BCUT2D eigenvalue weighted by atomic mass is 10.2. The third-order valence-electron chi connectivity index (χ3n) is 4.80. The molecule has 0 bridgehead atoms. The highest BCUT2D eigenvalue weighted by Crippen LogP contribution is 2.27. The second-order valence-corrected chi connectivity index (χ2v) is 6.72. The van der Waals surface area contributed by atoms with Gasteiger partial charge < -0.3 is 15.0 Å². The summed E-state index contributed by atoms with van der Waals surface area (Å²) in [5.74, 6) is 1.56. The molecule has 1 aliphatic rings. The number of hydrogen-bond acceptors (Lipinski definition) is 5. The van der Waals surface area contributed by atoms with Crippen LogP contribution in [-0.2, 0) is 4.79 Å². The second kappa shape index (κ2) is 8.34. The van der Waals surface area contributed by atoms with Crippen molar-refractivity contribution in [2.45, 2.75) is 52.5 Å². The molecule has 1 aliphatic heterocycles. The molecule has 1 aromatic heterocycles. The number of hydrogen-bond donors (Lipinski definition) is 1. The topological polar surface area (TPSA) is 67.4 Å². The molecule has 0 saturated carbocycles. The minimum Gasteiger partial charge on any atom is -0.494 e. The van der Waals surface area contributed by atoms with E-state index in [4.69, 9.17) is 14.7 Å². The number of carbonyl (C=O) groups is 1. The fraction of sp³-hybridized carbons (Fsp3) is 0.550. The van der Waals surface area contributed by atoms with Crippen molar-refractivity contribution in [2.24, 2.45) is 0 Å². The van der Waals surface area contributed by atoms with Gasteiger partial charge in [0.05, 0.1) is 17.8 Å². The van der Waals surface area contributed by atoms with Gasteiger partial charge in [-0.05, 0) is 51.3 Å². The number of carbonyl (C=O) groups excluding carboxylic acids is 1. The van der Waals surface area contributed by atoms with Crippen molar-refractivity contribution in [3.8, 4) is 5.75 Å². The fourth-order valence-corrected chi connectivity index (χ4v) is 3.42. The number of fused-ring (bicyclic) bond motifs is 1. The molecule has 1 aromatic carbocycles. The predicted octanol–water partition coefficient (Wildman–Crippen LogP) is 3.22. The lowest BCUT2D eigenvalue weighted by Gasteiger charge is -2.24. The van der Waals surface area contributed by atoms with Crippen molar-refractivity contribution in [1.29, 1.82) is 0 Å². The minimum absolute atomic E-state index is 0.0870. The van der Waals surface area contributed by atoms with Crippen LogP contribution in [0.5, 0.6) is 5.75 Å². The maximum Gasteiger partial charge on any atom is 0.242 e. The molecule has 1 N–H and O–H groups in total. The fourth-order valence-electron chi connectivity index (χ4n) is 3.42. The summed E-state index contributed by atoms with van der Waals surface area (Å²) in [5, 5.41) is 4.03. The Morgan fingerprint density at radius 1 is 1.35 bits per heavy atom. The van der Waals surface area contributed by atoms with E-state index in [0.29, 0.717) is 12.6 Å². The number of rotatable bonds is 7. The number of nitrogens with one attached hydrogen (secondary N) is 1. The van der Waals surface area contributed by atoms with Crippen LogP contribution in [-0.4, -0.2) is 41.6 Å². The lowest BCUT2D eigenvalue weighted by molar-refractivity contribution is -0.122. The normalized spacial score (nSPS) is 16.9. The molecule has 140 valence electrons. The Hall–Kier alpha value is -2.37. The number of unbranched alkanes of at least 4 members (excludes halogenated alkanes) is 1. The van der Waals surface area contributed by atoms with Gasteiger partial charge in [-0.25, -0.2) is 9.97 Å². The van der Waals surface area contributed by atoms with Gasteiger partial charge in [-0.15, -0.1) is 0 Å². The number of benzene rings is 1. The molecule has 1 atom stereocenters. The molecule has 26 heavy (non-hydrogen) atoms. The van der Waals surface area contributed by atoms with Crippen LogP contribution in [0.3, 0.4) is 0 Å². The largest absolute Gasteiger partial charge is 0.494 e. The van der Waals surface area contributed by atoms with E-state index in [-0.39, 0.29) is 11.9 Å². The Labute approximate surface area is 155 Å².